The van der Waals surface area contributed by atoms with E-state index < -0.39 is 17.5 Å². The van der Waals surface area contributed by atoms with Gasteiger partial charge in [-0.1, -0.05) is 12.1 Å². The minimum absolute atomic E-state index is 0.0818. The molecule has 1 amide bonds. The molecule has 0 aliphatic rings. The number of thiazole rings is 1. The topological polar surface area (TPSA) is 51.2 Å². The fraction of sp³-hybridized carbons (Fsp3) is 0.100. The second-order valence-electron chi connectivity index (χ2n) is 5.67. The molecule has 1 aromatic heterocycles. The average Bonchev–Trinajstić information content (AvgIpc) is 3.06. The van der Waals surface area contributed by atoms with E-state index in [2.05, 4.69) is 10.3 Å². The molecule has 138 valence electrons. The Labute approximate surface area is 159 Å². The lowest BCUT2D eigenvalue weighted by Gasteiger charge is -2.05. The zero-order valence-corrected chi connectivity index (χ0v) is 15.2. The Morgan fingerprint density at radius 3 is 2.85 bits per heavy atom. The number of hydrogen-bond acceptors (Lipinski definition) is 4. The van der Waals surface area contributed by atoms with Crippen LogP contribution in [-0.2, 0) is 11.4 Å². The van der Waals surface area contributed by atoms with Crippen LogP contribution in [0.25, 0.3) is 6.08 Å². The summed E-state index contributed by atoms with van der Waals surface area (Å²) >= 11 is 1.56. The van der Waals surface area contributed by atoms with Gasteiger partial charge in [-0.2, -0.15) is 0 Å². The van der Waals surface area contributed by atoms with Crippen molar-refractivity contribution in [2.45, 2.75) is 13.5 Å². The van der Waals surface area contributed by atoms with Gasteiger partial charge in [0.05, 0.1) is 16.4 Å². The number of amides is 1. The van der Waals surface area contributed by atoms with Crippen LogP contribution >= 0.6 is 11.3 Å². The van der Waals surface area contributed by atoms with Crippen molar-refractivity contribution in [3.63, 3.8) is 0 Å². The molecule has 0 saturated carbocycles. The minimum atomic E-state index is -0.829. The number of aromatic nitrogens is 1. The molecule has 3 rings (SSSR count). The summed E-state index contributed by atoms with van der Waals surface area (Å²) in [5, 5.41) is 5.29. The molecule has 0 aliphatic carbocycles. The predicted molar refractivity (Wildman–Crippen MR) is 102 cm³/mol. The van der Waals surface area contributed by atoms with Gasteiger partial charge in [0.15, 0.2) is 0 Å². The number of nitrogens with zero attached hydrogens (tertiary/aromatic N) is 1. The Morgan fingerprint density at radius 2 is 2.11 bits per heavy atom. The molecule has 27 heavy (non-hydrogen) atoms. The summed E-state index contributed by atoms with van der Waals surface area (Å²) in [5.41, 5.74) is 1.53. The van der Waals surface area contributed by atoms with E-state index in [1.165, 1.54) is 12.1 Å². The molecular formula is C20H16F2N2O2S. The summed E-state index contributed by atoms with van der Waals surface area (Å²) in [6.07, 6.45) is 2.85. The fourth-order valence-corrected chi connectivity index (χ4v) is 2.87. The average molecular weight is 386 g/mol. The third-order valence-corrected chi connectivity index (χ3v) is 4.35. The number of anilines is 1. The van der Waals surface area contributed by atoms with Crippen molar-refractivity contribution in [2.75, 3.05) is 5.32 Å². The number of nitrogens with one attached hydrogen (secondary N) is 1. The standard InChI is InChI=1S/C20H16F2N2O2S/c1-13-23-16(12-27-13)11-26-17-4-2-3-14(9-17)5-8-20(25)24-19-7-6-15(21)10-18(19)22/h2-10,12H,11H2,1H3,(H,24,25). The molecule has 0 spiro atoms. The zero-order valence-electron chi connectivity index (χ0n) is 14.4. The normalized spacial score (nSPS) is 10.9. The van der Waals surface area contributed by atoms with Gasteiger partial charge < -0.3 is 10.1 Å². The van der Waals surface area contributed by atoms with Crippen molar-refractivity contribution in [3.05, 3.63) is 81.8 Å². The summed E-state index contributed by atoms with van der Waals surface area (Å²) in [7, 11) is 0. The van der Waals surface area contributed by atoms with E-state index >= 15 is 0 Å². The van der Waals surface area contributed by atoms with Crippen molar-refractivity contribution in [2.24, 2.45) is 0 Å². The highest BCUT2D eigenvalue weighted by Gasteiger charge is 2.06. The van der Waals surface area contributed by atoms with Crippen molar-refractivity contribution >= 4 is 29.0 Å². The Morgan fingerprint density at radius 1 is 1.26 bits per heavy atom. The van der Waals surface area contributed by atoms with E-state index in [4.69, 9.17) is 4.74 Å². The van der Waals surface area contributed by atoms with Crippen molar-refractivity contribution < 1.29 is 18.3 Å². The number of hydrogen-bond donors (Lipinski definition) is 1. The molecule has 0 saturated heterocycles. The van der Waals surface area contributed by atoms with Crippen LogP contribution in [0, 0.1) is 18.6 Å². The van der Waals surface area contributed by atoms with Gasteiger partial charge in [-0.05, 0) is 42.8 Å². The van der Waals surface area contributed by atoms with E-state index in [9.17, 15) is 13.6 Å². The third-order valence-electron chi connectivity index (χ3n) is 3.53. The monoisotopic (exact) mass is 386 g/mol. The zero-order chi connectivity index (χ0) is 19.2. The first kappa shape index (κ1) is 18.7. The first-order chi connectivity index (χ1) is 13.0. The first-order valence-electron chi connectivity index (χ1n) is 8.07. The molecule has 0 radical (unpaired) electrons. The Balaban J connectivity index is 1.60. The molecule has 0 atom stereocenters. The molecule has 0 bridgehead atoms. The molecule has 0 unspecified atom stereocenters. The Hall–Kier alpha value is -3.06. The second kappa shape index (κ2) is 8.55. The molecule has 0 aliphatic heterocycles. The maximum Gasteiger partial charge on any atom is 0.248 e. The highest BCUT2D eigenvalue weighted by Crippen LogP contribution is 2.18. The summed E-state index contributed by atoms with van der Waals surface area (Å²) in [5.74, 6) is -1.41. The van der Waals surface area contributed by atoms with Crippen LogP contribution in [0.15, 0.2) is 53.9 Å². The van der Waals surface area contributed by atoms with Crippen LogP contribution in [0.2, 0.25) is 0 Å². The van der Waals surface area contributed by atoms with Crippen molar-refractivity contribution in [3.8, 4) is 5.75 Å². The number of carbonyl (C=O) groups excluding carboxylic acids is 1. The molecule has 0 fully saturated rings. The van der Waals surface area contributed by atoms with Crippen LogP contribution < -0.4 is 10.1 Å². The summed E-state index contributed by atoms with van der Waals surface area (Å²) in [6, 6.07) is 10.2. The number of halogens is 2. The molecule has 7 heteroatoms. The van der Waals surface area contributed by atoms with Gasteiger partial charge in [0, 0.05) is 17.5 Å². The smallest absolute Gasteiger partial charge is 0.248 e. The number of aryl methyl sites for hydroxylation is 1. The lowest BCUT2D eigenvalue weighted by Crippen LogP contribution is -2.09. The fourth-order valence-electron chi connectivity index (χ4n) is 2.28. The van der Waals surface area contributed by atoms with Crippen LogP contribution in [-0.4, -0.2) is 10.9 Å². The van der Waals surface area contributed by atoms with E-state index in [0.29, 0.717) is 18.4 Å². The summed E-state index contributed by atoms with van der Waals surface area (Å²) < 4.78 is 32.1. The maximum absolute atomic E-state index is 13.6. The summed E-state index contributed by atoms with van der Waals surface area (Å²) in [6.45, 7) is 2.30. The van der Waals surface area contributed by atoms with Gasteiger partial charge in [0.2, 0.25) is 5.91 Å². The van der Waals surface area contributed by atoms with E-state index in [-0.39, 0.29) is 5.69 Å². The molecule has 1 N–H and O–H groups in total. The number of carbonyl (C=O) groups is 1. The SMILES string of the molecule is Cc1nc(COc2cccc(C=CC(=O)Nc3ccc(F)cc3F)c2)cs1. The highest BCUT2D eigenvalue weighted by molar-refractivity contribution is 7.09. The van der Waals surface area contributed by atoms with Gasteiger partial charge >= 0.3 is 0 Å². The van der Waals surface area contributed by atoms with Crippen LogP contribution in [0.5, 0.6) is 5.75 Å². The van der Waals surface area contributed by atoms with Crippen LogP contribution in [0.1, 0.15) is 16.3 Å². The van der Waals surface area contributed by atoms with Gasteiger partial charge in [0.25, 0.3) is 0 Å². The second-order valence-corrected chi connectivity index (χ2v) is 6.73. The largest absolute Gasteiger partial charge is 0.487 e. The van der Waals surface area contributed by atoms with Crippen LogP contribution in [0.3, 0.4) is 0 Å². The van der Waals surface area contributed by atoms with Crippen LogP contribution in [0.4, 0.5) is 14.5 Å². The van der Waals surface area contributed by atoms with Crippen molar-refractivity contribution in [1.29, 1.82) is 0 Å². The number of ether oxygens (including phenoxy) is 1. The van der Waals surface area contributed by atoms with Gasteiger partial charge in [-0.15, -0.1) is 11.3 Å². The molecule has 4 nitrogen and oxygen atoms in total. The highest BCUT2D eigenvalue weighted by atomic mass is 32.1. The molecule has 3 aromatic rings. The van der Waals surface area contributed by atoms with E-state index in [1.54, 1.807) is 29.5 Å². The van der Waals surface area contributed by atoms with E-state index in [1.807, 2.05) is 24.4 Å². The first-order valence-corrected chi connectivity index (χ1v) is 8.95. The van der Waals surface area contributed by atoms with Crippen molar-refractivity contribution in [1.82, 2.24) is 4.98 Å². The Kier molecular flexibility index (Phi) is 5.93. The maximum atomic E-state index is 13.6. The minimum Gasteiger partial charge on any atom is -0.487 e. The van der Waals surface area contributed by atoms with Gasteiger partial charge in [0.1, 0.15) is 24.0 Å². The van der Waals surface area contributed by atoms with E-state index in [0.717, 1.165) is 22.3 Å². The number of rotatable bonds is 6. The van der Waals surface area contributed by atoms with Gasteiger partial charge in [-0.3, -0.25) is 4.79 Å². The van der Waals surface area contributed by atoms with Gasteiger partial charge in [-0.25, -0.2) is 13.8 Å². The molecule has 2 aromatic carbocycles. The Bertz CT molecular complexity index is 986. The molecule has 1 heterocycles. The predicted octanol–water partition coefficient (Wildman–Crippen LogP) is 4.96. The molecular weight excluding hydrogens is 370 g/mol. The lowest BCUT2D eigenvalue weighted by molar-refractivity contribution is -0.111. The summed E-state index contributed by atoms with van der Waals surface area (Å²) in [4.78, 5) is 16.3. The lowest BCUT2D eigenvalue weighted by atomic mass is 10.2. The number of benzene rings is 2. The third kappa shape index (κ3) is 5.46. The quantitative estimate of drug-likeness (QED) is 0.609.